The zero-order valence-corrected chi connectivity index (χ0v) is 21.2. The number of carbonyl (C=O) groups excluding carboxylic acids is 2. The van der Waals surface area contributed by atoms with E-state index in [2.05, 4.69) is 10.6 Å². The van der Waals surface area contributed by atoms with Crippen LogP contribution in [0.2, 0.25) is 5.02 Å². The fourth-order valence-corrected chi connectivity index (χ4v) is 4.89. The number of anilines is 2. The zero-order valence-electron chi connectivity index (χ0n) is 19.6. The number of amides is 2. The number of rotatable bonds is 10. The van der Waals surface area contributed by atoms with Crippen molar-refractivity contribution in [1.29, 1.82) is 0 Å². The zero-order chi connectivity index (χ0) is 25.4. The molecular weight excluding hydrogens is 486 g/mol. The smallest absolute Gasteiger partial charge is 0.264 e. The number of sulfonamides is 1. The predicted molar refractivity (Wildman–Crippen MR) is 139 cm³/mol. The van der Waals surface area contributed by atoms with Crippen LogP contribution in [-0.4, -0.2) is 33.3 Å². The van der Waals surface area contributed by atoms with Crippen molar-refractivity contribution in [2.24, 2.45) is 0 Å². The number of aryl methyl sites for hydroxylation is 1. The van der Waals surface area contributed by atoms with Gasteiger partial charge in [0.05, 0.1) is 21.8 Å². The maximum Gasteiger partial charge on any atom is 0.264 e. The molecule has 9 heteroatoms. The van der Waals surface area contributed by atoms with Crippen LogP contribution in [0.5, 0.6) is 0 Å². The quantitative estimate of drug-likeness (QED) is 0.372. The van der Waals surface area contributed by atoms with E-state index in [-0.39, 0.29) is 16.5 Å². The van der Waals surface area contributed by atoms with Crippen LogP contribution in [0.15, 0.2) is 77.7 Å². The van der Waals surface area contributed by atoms with Crippen LogP contribution in [0.3, 0.4) is 0 Å². The molecule has 3 rings (SSSR count). The molecular formula is C26H28ClN3O4S. The van der Waals surface area contributed by atoms with Gasteiger partial charge < -0.3 is 10.6 Å². The molecule has 184 valence electrons. The van der Waals surface area contributed by atoms with Crippen LogP contribution in [0, 0.1) is 6.92 Å². The van der Waals surface area contributed by atoms with E-state index in [1.54, 1.807) is 48.5 Å². The summed E-state index contributed by atoms with van der Waals surface area (Å²) in [7, 11) is -4.06. The van der Waals surface area contributed by atoms with Crippen LogP contribution in [0.25, 0.3) is 0 Å². The fourth-order valence-electron chi connectivity index (χ4n) is 3.34. The molecule has 0 saturated heterocycles. The molecule has 0 aliphatic rings. The number of nitrogens with zero attached hydrogens (tertiary/aromatic N) is 1. The molecule has 0 radical (unpaired) electrons. The van der Waals surface area contributed by atoms with E-state index in [1.807, 2.05) is 13.8 Å². The summed E-state index contributed by atoms with van der Waals surface area (Å²) < 4.78 is 28.0. The third-order valence-corrected chi connectivity index (χ3v) is 7.31. The molecule has 3 aromatic carbocycles. The molecule has 0 aromatic heterocycles. The van der Waals surface area contributed by atoms with Gasteiger partial charge in [0.1, 0.15) is 6.54 Å². The maximum atomic E-state index is 13.5. The first-order chi connectivity index (χ1) is 16.7. The second-order valence-electron chi connectivity index (χ2n) is 8.00. The van der Waals surface area contributed by atoms with E-state index in [0.717, 1.165) is 22.7 Å². The van der Waals surface area contributed by atoms with Gasteiger partial charge in [0, 0.05) is 11.6 Å². The van der Waals surface area contributed by atoms with E-state index in [4.69, 9.17) is 11.6 Å². The number of nitrogens with one attached hydrogen (secondary N) is 2. The summed E-state index contributed by atoms with van der Waals surface area (Å²) >= 11 is 5.99. The van der Waals surface area contributed by atoms with Crippen molar-refractivity contribution in [3.63, 3.8) is 0 Å². The Morgan fingerprint density at radius 3 is 2.26 bits per heavy atom. The van der Waals surface area contributed by atoms with Crippen LogP contribution in [0.4, 0.5) is 11.4 Å². The van der Waals surface area contributed by atoms with Gasteiger partial charge in [-0.2, -0.15) is 0 Å². The van der Waals surface area contributed by atoms with Crippen LogP contribution < -0.4 is 14.9 Å². The average molecular weight is 514 g/mol. The second-order valence-corrected chi connectivity index (χ2v) is 10.3. The van der Waals surface area contributed by atoms with Crippen LogP contribution >= 0.6 is 11.6 Å². The molecule has 0 aliphatic carbocycles. The molecule has 0 aliphatic heterocycles. The Morgan fingerprint density at radius 1 is 0.943 bits per heavy atom. The first-order valence-corrected chi connectivity index (χ1v) is 13.1. The SMILES string of the molecule is CCCCNC(=O)c1ccccc1NC(=O)CN(c1ccc(Cl)cc1)S(=O)(=O)c1ccc(C)cc1. The normalized spacial score (nSPS) is 11.1. The van der Waals surface area contributed by atoms with Gasteiger partial charge in [-0.1, -0.05) is 54.8 Å². The third-order valence-electron chi connectivity index (χ3n) is 5.27. The molecule has 0 atom stereocenters. The number of carbonyl (C=O) groups is 2. The van der Waals surface area contributed by atoms with E-state index in [0.29, 0.717) is 22.8 Å². The minimum atomic E-state index is -4.06. The molecule has 0 saturated carbocycles. The summed E-state index contributed by atoms with van der Waals surface area (Å²) in [4.78, 5) is 25.7. The number of benzene rings is 3. The molecule has 2 amide bonds. The highest BCUT2D eigenvalue weighted by Gasteiger charge is 2.27. The molecule has 0 spiro atoms. The molecule has 0 unspecified atom stereocenters. The lowest BCUT2D eigenvalue weighted by Gasteiger charge is -2.24. The topological polar surface area (TPSA) is 95.6 Å². The molecule has 7 nitrogen and oxygen atoms in total. The molecule has 0 bridgehead atoms. The third kappa shape index (κ3) is 6.83. The van der Waals surface area contributed by atoms with Crippen molar-refractivity contribution in [3.05, 3.63) is 88.9 Å². The van der Waals surface area contributed by atoms with Crippen LogP contribution in [0.1, 0.15) is 35.7 Å². The van der Waals surface area contributed by atoms with E-state index < -0.39 is 22.5 Å². The Labute approximate surface area is 211 Å². The van der Waals surface area contributed by atoms with Gasteiger partial charge in [0.25, 0.3) is 15.9 Å². The van der Waals surface area contributed by atoms with Crippen LogP contribution in [-0.2, 0) is 14.8 Å². The number of hydrogen-bond acceptors (Lipinski definition) is 4. The van der Waals surface area contributed by atoms with Gasteiger partial charge in [-0.25, -0.2) is 8.42 Å². The van der Waals surface area contributed by atoms with Gasteiger partial charge in [-0.15, -0.1) is 0 Å². The Bertz CT molecular complexity index is 1280. The summed E-state index contributed by atoms with van der Waals surface area (Å²) in [6, 6.07) is 19.2. The lowest BCUT2D eigenvalue weighted by Crippen LogP contribution is -2.38. The number of unbranched alkanes of at least 4 members (excludes halogenated alkanes) is 1. The second kappa shape index (κ2) is 11.9. The van der Waals surface area contributed by atoms with E-state index in [1.165, 1.54) is 24.3 Å². The number of para-hydroxylation sites is 1. The predicted octanol–water partition coefficient (Wildman–Crippen LogP) is 5.01. The molecule has 0 heterocycles. The lowest BCUT2D eigenvalue weighted by atomic mass is 10.1. The summed E-state index contributed by atoms with van der Waals surface area (Å²) in [5.74, 6) is -0.902. The minimum Gasteiger partial charge on any atom is -0.352 e. The van der Waals surface area contributed by atoms with Gasteiger partial charge in [0.2, 0.25) is 5.91 Å². The highest BCUT2D eigenvalue weighted by Crippen LogP contribution is 2.26. The van der Waals surface area contributed by atoms with E-state index >= 15 is 0 Å². The fraction of sp³-hybridized carbons (Fsp3) is 0.231. The summed E-state index contributed by atoms with van der Waals surface area (Å²) in [5, 5.41) is 5.96. The van der Waals surface area contributed by atoms with Gasteiger partial charge >= 0.3 is 0 Å². The monoisotopic (exact) mass is 513 g/mol. The van der Waals surface area contributed by atoms with Gasteiger partial charge in [0.15, 0.2) is 0 Å². The van der Waals surface area contributed by atoms with Crippen molar-refractivity contribution in [3.8, 4) is 0 Å². The Hall–Kier alpha value is -3.36. The molecule has 35 heavy (non-hydrogen) atoms. The van der Waals surface area contributed by atoms with Crippen molar-refractivity contribution in [1.82, 2.24) is 5.32 Å². The largest absolute Gasteiger partial charge is 0.352 e. The Balaban J connectivity index is 1.88. The highest BCUT2D eigenvalue weighted by atomic mass is 35.5. The number of halogens is 1. The van der Waals surface area contributed by atoms with E-state index in [9.17, 15) is 18.0 Å². The first-order valence-electron chi connectivity index (χ1n) is 11.2. The molecule has 3 aromatic rings. The lowest BCUT2D eigenvalue weighted by molar-refractivity contribution is -0.114. The van der Waals surface area contributed by atoms with Crippen molar-refractivity contribution in [2.45, 2.75) is 31.6 Å². The maximum absolute atomic E-state index is 13.5. The number of hydrogen-bond donors (Lipinski definition) is 2. The van der Waals surface area contributed by atoms with Gasteiger partial charge in [-0.05, 0) is 61.9 Å². The summed E-state index contributed by atoms with van der Waals surface area (Å²) in [6.07, 6.45) is 1.78. The highest BCUT2D eigenvalue weighted by molar-refractivity contribution is 7.92. The van der Waals surface area contributed by atoms with Crippen molar-refractivity contribution in [2.75, 3.05) is 22.7 Å². The molecule has 2 N–H and O–H groups in total. The minimum absolute atomic E-state index is 0.0570. The Kier molecular flexibility index (Phi) is 8.89. The Morgan fingerprint density at radius 2 is 1.60 bits per heavy atom. The summed E-state index contributed by atoms with van der Waals surface area (Å²) in [5.41, 5.74) is 1.80. The standard InChI is InChI=1S/C26H28ClN3O4S/c1-3-4-17-28-26(32)23-7-5-6-8-24(23)29-25(31)18-30(21-13-11-20(27)12-14-21)35(33,34)22-15-9-19(2)10-16-22/h5-16H,3-4,17-18H2,1-2H3,(H,28,32)(H,29,31). The van der Waals surface area contributed by atoms with Gasteiger partial charge in [-0.3, -0.25) is 13.9 Å². The average Bonchev–Trinajstić information content (AvgIpc) is 2.84. The summed E-state index contributed by atoms with van der Waals surface area (Å²) in [6.45, 7) is 3.91. The molecule has 0 fully saturated rings. The first kappa shape index (κ1) is 26.2. The van der Waals surface area contributed by atoms with Crippen molar-refractivity contribution >= 4 is 44.8 Å². The van der Waals surface area contributed by atoms with Crippen molar-refractivity contribution < 1.29 is 18.0 Å².